The minimum atomic E-state index is -0.381. The summed E-state index contributed by atoms with van der Waals surface area (Å²) in [6.07, 6.45) is 0.344. The first kappa shape index (κ1) is 17.0. The topological polar surface area (TPSA) is 38.3 Å². The third-order valence-corrected chi connectivity index (χ3v) is 4.49. The highest BCUT2D eigenvalue weighted by atomic mass is 16.5. The van der Waals surface area contributed by atoms with Crippen LogP contribution in [0.3, 0.4) is 0 Å². The fourth-order valence-electron chi connectivity index (χ4n) is 3.07. The van der Waals surface area contributed by atoms with Crippen LogP contribution in [0.15, 0.2) is 66.7 Å². The molecule has 3 rings (SSSR count). The zero-order valence-corrected chi connectivity index (χ0v) is 14.7. The number of hydrogen-bond donors (Lipinski definition) is 1. The fraction of sp³-hybridized carbons (Fsp3) is 0.227. The van der Waals surface area contributed by atoms with Crippen molar-refractivity contribution in [2.75, 3.05) is 6.61 Å². The summed E-state index contributed by atoms with van der Waals surface area (Å²) in [7, 11) is 0. The largest absolute Gasteiger partial charge is 0.449 e. The highest BCUT2D eigenvalue weighted by molar-refractivity contribution is 5.86. The van der Waals surface area contributed by atoms with E-state index >= 15 is 0 Å². The van der Waals surface area contributed by atoms with Crippen molar-refractivity contribution < 1.29 is 9.53 Å². The first-order chi connectivity index (χ1) is 12.1. The highest BCUT2D eigenvalue weighted by Crippen LogP contribution is 2.24. The van der Waals surface area contributed by atoms with Crippen LogP contribution in [0.1, 0.15) is 29.7 Å². The Balaban J connectivity index is 1.58. The number of alkyl carbamates (subject to hydrolysis) is 1. The number of carbonyl (C=O) groups excluding carboxylic acids is 1. The van der Waals surface area contributed by atoms with E-state index < -0.39 is 0 Å². The average Bonchev–Trinajstić information content (AvgIpc) is 2.62. The standard InChI is InChI=1S/C22H23NO2/c1-16-8-3-4-9-18(16)14-15-25-22(24)23-17(2)20-13-7-11-19-10-5-6-12-21(19)20/h3-13,17H,14-15H2,1-2H3,(H,23,24). The summed E-state index contributed by atoms with van der Waals surface area (Å²) in [6.45, 7) is 4.42. The van der Waals surface area contributed by atoms with Gasteiger partial charge in [-0.05, 0) is 41.3 Å². The molecule has 0 aliphatic carbocycles. The second kappa shape index (κ2) is 7.84. The molecule has 0 saturated carbocycles. The lowest BCUT2D eigenvalue weighted by atomic mass is 10.00. The molecule has 0 aliphatic heterocycles. The first-order valence-corrected chi connectivity index (χ1v) is 8.60. The first-order valence-electron chi connectivity index (χ1n) is 8.60. The van der Waals surface area contributed by atoms with Gasteiger partial charge in [-0.15, -0.1) is 0 Å². The molecule has 128 valence electrons. The van der Waals surface area contributed by atoms with Crippen LogP contribution in [0.5, 0.6) is 0 Å². The Labute approximate surface area is 148 Å². The molecule has 0 fully saturated rings. The van der Waals surface area contributed by atoms with Gasteiger partial charge in [0.2, 0.25) is 0 Å². The van der Waals surface area contributed by atoms with E-state index in [1.807, 2.05) is 43.3 Å². The molecular formula is C22H23NO2. The summed E-state index contributed by atoms with van der Waals surface area (Å²) in [5, 5.41) is 5.25. The van der Waals surface area contributed by atoms with Crippen molar-refractivity contribution in [3.8, 4) is 0 Å². The highest BCUT2D eigenvalue weighted by Gasteiger charge is 2.13. The van der Waals surface area contributed by atoms with Crippen molar-refractivity contribution in [1.82, 2.24) is 5.32 Å². The zero-order chi connectivity index (χ0) is 17.6. The number of nitrogens with one attached hydrogen (secondary N) is 1. The van der Waals surface area contributed by atoms with Crippen molar-refractivity contribution in [3.05, 3.63) is 83.4 Å². The molecule has 0 saturated heterocycles. The van der Waals surface area contributed by atoms with Crippen molar-refractivity contribution in [3.63, 3.8) is 0 Å². The molecule has 1 N–H and O–H groups in total. The number of carbonyl (C=O) groups is 1. The predicted molar refractivity (Wildman–Crippen MR) is 102 cm³/mol. The van der Waals surface area contributed by atoms with E-state index in [0.29, 0.717) is 6.61 Å². The maximum atomic E-state index is 12.1. The second-order valence-electron chi connectivity index (χ2n) is 6.25. The number of ether oxygens (including phenoxy) is 1. The maximum Gasteiger partial charge on any atom is 0.407 e. The molecule has 3 heteroatoms. The van der Waals surface area contributed by atoms with Crippen molar-refractivity contribution >= 4 is 16.9 Å². The smallest absolute Gasteiger partial charge is 0.407 e. The number of aryl methyl sites for hydroxylation is 1. The predicted octanol–water partition coefficient (Wildman–Crippen LogP) is 5.18. The van der Waals surface area contributed by atoms with E-state index in [0.717, 1.165) is 17.4 Å². The van der Waals surface area contributed by atoms with Crippen LogP contribution in [0.25, 0.3) is 10.8 Å². The van der Waals surface area contributed by atoms with Gasteiger partial charge in [0, 0.05) is 6.42 Å². The van der Waals surface area contributed by atoms with Crippen LogP contribution in [-0.4, -0.2) is 12.7 Å². The molecule has 1 unspecified atom stereocenters. The lowest BCUT2D eigenvalue weighted by molar-refractivity contribution is 0.144. The Bertz CT molecular complexity index is 867. The van der Waals surface area contributed by atoms with E-state index in [4.69, 9.17) is 4.74 Å². The van der Waals surface area contributed by atoms with Crippen molar-refractivity contribution in [1.29, 1.82) is 0 Å². The molecular weight excluding hydrogens is 310 g/mol. The average molecular weight is 333 g/mol. The molecule has 3 aromatic rings. The van der Waals surface area contributed by atoms with Gasteiger partial charge in [-0.3, -0.25) is 0 Å². The summed E-state index contributed by atoms with van der Waals surface area (Å²) in [6, 6.07) is 22.3. The number of fused-ring (bicyclic) bond motifs is 1. The number of amides is 1. The molecule has 1 atom stereocenters. The maximum absolute atomic E-state index is 12.1. The van der Waals surface area contributed by atoms with Crippen LogP contribution in [-0.2, 0) is 11.2 Å². The van der Waals surface area contributed by atoms with Crippen LogP contribution >= 0.6 is 0 Å². The molecule has 0 radical (unpaired) electrons. The van der Waals surface area contributed by atoms with Gasteiger partial charge in [0.25, 0.3) is 0 Å². The van der Waals surface area contributed by atoms with Gasteiger partial charge in [0.05, 0.1) is 12.6 Å². The number of hydrogen-bond acceptors (Lipinski definition) is 2. The van der Waals surface area contributed by atoms with Gasteiger partial charge in [-0.25, -0.2) is 4.79 Å². The third kappa shape index (κ3) is 4.18. The molecule has 3 nitrogen and oxygen atoms in total. The van der Waals surface area contributed by atoms with Crippen LogP contribution in [0.2, 0.25) is 0 Å². The Morgan fingerprint density at radius 2 is 1.72 bits per heavy atom. The van der Waals surface area contributed by atoms with Crippen LogP contribution in [0.4, 0.5) is 4.79 Å². The summed E-state index contributed by atoms with van der Waals surface area (Å²) in [5.41, 5.74) is 3.52. The molecule has 0 aliphatic rings. The second-order valence-corrected chi connectivity index (χ2v) is 6.25. The SMILES string of the molecule is Cc1ccccc1CCOC(=O)NC(C)c1cccc2ccccc12. The quantitative estimate of drug-likeness (QED) is 0.699. The van der Waals surface area contributed by atoms with Gasteiger partial charge in [-0.1, -0.05) is 66.7 Å². The minimum Gasteiger partial charge on any atom is -0.449 e. The Morgan fingerprint density at radius 3 is 2.56 bits per heavy atom. The third-order valence-electron chi connectivity index (χ3n) is 4.49. The Kier molecular flexibility index (Phi) is 5.34. The lowest BCUT2D eigenvalue weighted by Crippen LogP contribution is -2.28. The normalized spacial score (nSPS) is 11.9. The summed E-state index contributed by atoms with van der Waals surface area (Å²) < 4.78 is 5.36. The van der Waals surface area contributed by atoms with Gasteiger partial charge >= 0.3 is 6.09 Å². The summed E-state index contributed by atoms with van der Waals surface area (Å²) in [5.74, 6) is 0. The number of rotatable bonds is 5. The molecule has 0 bridgehead atoms. The van der Waals surface area contributed by atoms with Gasteiger partial charge < -0.3 is 10.1 Å². The van der Waals surface area contributed by atoms with Crippen molar-refractivity contribution in [2.45, 2.75) is 26.3 Å². The van der Waals surface area contributed by atoms with E-state index in [-0.39, 0.29) is 12.1 Å². The Hall–Kier alpha value is -2.81. The molecule has 0 aromatic heterocycles. The van der Waals surface area contributed by atoms with Gasteiger partial charge in [-0.2, -0.15) is 0 Å². The summed E-state index contributed by atoms with van der Waals surface area (Å²) >= 11 is 0. The van der Waals surface area contributed by atoms with Crippen molar-refractivity contribution in [2.24, 2.45) is 0 Å². The van der Waals surface area contributed by atoms with E-state index in [1.165, 1.54) is 16.5 Å². The van der Waals surface area contributed by atoms with Gasteiger partial charge in [0.1, 0.15) is 0 Å². The van der Waals surface area contributed by atoms with Crippen LogP contribution in [0, 0.1) is 6.92 Å². The summed E-state index contributed by atoms with van der Waals surface area (Å²) in [4.78, 5) is 12.1. The molecule has 1 amide bonds. The number of benzene rings is 3. The molecule has 25 heavy (non-hydrogen) atoms. The molecule has 0 spiro atoms. The monoisotopic (exact) mass is 333 g/mol. The molecule has 3 aromatic carbocycles. The van der Waals surface area contributed by atoms with E-state index in [9.17, 15) is 4.79 Å². The minimum absolute atomic E-state index is 0.114. The van der Waals surface area contributed by atoms with E-state index in [2.05, 4.69) is 42.6 Å². The van der Waals surface area contributed by atoms with E-state index in [1.54, 1.807) is 0 Å². The Morgan fingerprint density at radius 1 is 1.00 bits per heavy atom. The molecule has 0 heterocycles. The lowest BCUT2D eigenvalue weighted by Gasteiger charge is -2.16. The zero-order valence-electron chi connectivity index (χ0n) is 14.7. The fourth-order valence-corrected chi connectivity index (χ4v) is 3.07. The van der Waals surface area contributed by atoms with Gasteiger partial charge in [0.15, 0.2) is 0 Å². The van der Waals surface area contributed by atoms with Crippen LogP contribution < -0.4 is 5.32 Å².